The quantitative estimate of drug-likeness (QED) is 0.654. The van der Waals surface area contributed by atoms with Gasteiger partial charge in [-0.3, -0.25) is 4.79 Å². The van der Waals surface area contributed by atoms with Crippen LogP contribution in [0.5, 0.6) is 5.75 Å². The van der Waals surface area contributed by atoms with Crippen LogP contribution < -0.4 is 10.9 Å². The van der Waals surface area contributed by atoms with Gasteiger partial charge in [-0.05, 0) is 17.7 Å². The summed E-state index contributed by atoms with van der Waals surface area (Å²) >= 11 is 0. The first-order chi connectivity index (χ1) is 13.1. The van der Waals surface area contributed by atoms with Crippen molar-refractivity contribution in [2.75, 3.05) is 7.05 Å². The molecule has 0 fully saturated rings. The fourth-order valence-electron chi connectivity index (χ4n) is 2.56. The normalized spacial score (nSPS) is 11.2. The van der Waals surface area contributed by atoms with E-state index in [4.69, 9.17) is 0 Å². The number of nitrogens with one attached hydrogen (secondary N) is 1. The van der Waals surface area contributed by atoms with Gasteiger partial charge in [0.25, 0.3) is 5.56 Å². The molecule has 0 amide bonds. The second-order valence-electron chi connectivity index (χ2n) is 5.77. The SMILES string of the molecule is C=C/C(=C\NC)c1ccc(=O)n(Cc2cccc(-c3ncc(O)cn3)c2)n1. The fourth-order valence-corrected chi connectivity index (χ4v) is 2.56. The van der Waals surface area contributed by atoms with Crippen LogP contribution in [-0.2, 0) is 6.54 Å². The predicted octanol–water partition coefficient (Wildman–Crippen LogP) is 2.20. The molecule has 2 N–H and O–H groups in total. The minimum absolute atomic E-state index is 0.00937. The molecule has 0 bridgehead atoms. The van der Waals surface area contributed by atoms with Crippen LogP contribution in [-0.4, -0.2) is 31.9 Å². The lowest BCUT2D eigenvalue weighted by molar-refractivity contribution is 0.470. The molecule has 1 aromatic carbocycles. The molecule has 3 rings (SSSR count). The van der Waals surface area contributed by atoms with Crippen LogP contribution in [0.4, 0.5) is 0 Å². The molecule has 2 heterocycles. The van der Waals surface area contributed by atoms with Gasteiger partial charge in [-0.2, -0.15) is 5.10 Å². The van der Waals surface area contributed by atoms with E-state index < -0.39 is 0 Å². The molecular formula is C20H19N5O2. The average molecular weight is 361 g/mol. The molecule has 0 aliphatic carbocycles. The highest BCUT2D eigenvalue weighted by Gasteiger charge is 2.07. The van der Waals surface area contributed by atoms with Crippen LogP contribution in [0.25, 0.3) is 17.0 Å². The molecule has 7 heteroatoms. The second-order valence-corrected chi connectivity index (χ2v) is 5.77. The summed E-state index contributed by atoms with van der Waals surface area (Å²) in [4.78, 5) is 20.4. The van der Waals surface area contributed by atoms with Gasteiger partial charge in [-0.15, -0.1) is 0 Å². The summed E-state index contributed by atoms with van der Waals surface area (Å²) in [5.74, 6) is 0.504. The first-order valence-electron chi connectivity index (χ1n) is 8.29. The minimum Gasteiger partial charge on any atom is -0.505 e. The zero-order valence-electron chi connectivity index (χ0n) is 14.8. The Labute approximate surface area is 156 Å². The molecule has 0 spiro atoms. The molecule has 27 heavy (non-hydrogen) atoms. The number of aromatic hydroxyl groups is 1. The van der Waals surface area contributed by atoms with E-state index in [0.29, 0.717) is 18.1 Å². The second kappa shape index (κ2) is 8.09. The lowest BCUT2D eigenvalue weighted by Gasteiger charge is -2.09. The number of hydrogen-bond donors (Lipinski definition) is 2. The van der Waals surface area contributed by atoms with Gasteiger partial charge in [0, 0.05) is 30.5 Å². The Kier molecular flexibility index (Phi) is 5.41. The summed E-state index contributed by atoms with van der Waals surface area (Å²) in [6.45, 7) is 4.08. The Hall–Kier alpha value is -3.74. The van der Waals surface area contributed by atoms with Crippen molar-refractivity contribution in [1.29, 1.82) is 0 Å². The fraction of sp³-hybridized carbons (Fsp3) is 0.100. The van der Waals surface area contributed by atoms with Crippen LogP contribution in [0.1, 0.15) is 11.3 Å². The Morgan fingerprint density at radius 3 is 2.74 bits per heavy atom. The van der Waals surface area contributed by atoms with Crippen molar-refractivity contribution >= 4 is 5.57 Å². The predicted molar refractivity (Wildman–Crippen MR) is 104 cm³/mol. The topological polar surface area (TPSA) is 92.9 Å². The molecule has 0 radical (unpaired) electrons. The van der Waals surface area contributed by atoms with E-state index in [1.165, 1.54) is 23.1 Å². The Bertz CT molecular complexity index is 1040. The lowest BCUT2D eigenvalue weighted by atomic mass is 10.1. The van der Waals surface area contributed by atoms with E-state index in [-0.39, 0.29) is 11.3 Å². The van der Waals surface area contributed by atoms with Crippen LogP contribution in [0.15, 0.2) is 72.4 Å². The maximum Gasteiger partial charge on any atom is 0.267 e. The smallest absolute Gasteiger partial charge is 0.267 e. The molecular weight excluding hydrogens is 342 g/mol. The highest BCUT2D eigenvalue weighted by Crippen LogP contribution is 2.18. The Balaban J connectivity index is 1.92. The van der Waals surface area contributed by atoms with Gasteiger partial charge >= 0.3 is 0 Å². The van der Waals surface area contributed by atoms with Crippen molar-refractivity contribution in [3.63, 3.8) is 0 Å². The largest absolute Gasteiger partial charge is 0.505 e. The lowest BCUT2D eigenvalue weighted by Crippen LogP contribution is -2.23. The summed E-state index contributed by atoms with van der Waals surface area (Å²) in [6.07, 6.45) is 6.13. The molecule has 0 aliphatic heterocycles. The van der Waals surface area contributed by atoms with Gasteiger partial charge in [0.05, 0.1) is 24.6 Å². The van der Waals surface area contributed by atoms with E-state index in [9.17, 15) is 9.90 Å². The number of nitrogens with zero attached hydrogens (tertiary/aromatic N) is 4. The maximum absolute atomic E-state index is 12.2. The third-order valence-electron chi connectivity index (χ3n) is 3.84. The van der Waals surface area contributed by atoms with Crippen LogP contribution in [0.3, 0.4) is 0 Å². The molecule has 7 nitrogen and oxygen atoms in total. The molecule has 136 valence electrons. The van der Waals surface area contributed by atoms with Gasteiger partial charge in [0.1, 0.15) is 0 Å². The summed E-state index contributed by atoms with van der Waals surface area (Å²) < 4.78 is 1.40. The van der Waals surface area contributed by atoms with Crippen LogP contribution >= 0.6 is 0 Å². The van der Waals surface area contributed by atoms with Crippen molar-refractivity contribution in [2.45, 2.75) is 6.54 Å². The summed E-state index contributed by atoms with van der Waals surface area (Å²) in [6, 6.07) is 10.7. The molecule has 0 unspecified atom stereocenters. The van der Waals surface area contributed by atoms with E-state index >= 15 is 0 Å². The molecule has 0 saturated heterocycles. The molecule has 0 atom stereocenters. The highest BCUT2D eigenvalue weighted by atomic mass is 16.3. The molecule has 0 saturated carbocycles. The summed E-state index contributed by atoms with van der Waals surface area (Å²) in [5, 5.41) is 16.7. The standard InChI is InChI=1S/C20H19N5O2/c1-3-15(10-21-2)18-7-8-19(27)25(24-18)13-14-5-4-6-16(9-14)20-22-11-17(26)12-23-20/h3-12,21,26H,1,13H2,2H3/b15-10+. The van der Waals surface area contributed by atoms with E-state index in [1.54, 1.807) is 25.4 Å². The van der Waals surface area contributed by atoms with Crippen molar-refractivity contribution < 1.29 is 5.11 Å². The average Bonchev–Trinajstić information content (AvgIpc) is 2.69. The molecule has 0 aliphatic rings. The number of allylic oxidation sites excluding steroid dienone is 2. The first kappa shape index (κ1) is 18.1. The van der Waals surface area contributed by atoms with E-state index in [0.717, 1.165) is 16.7 Å². The van der Waals surface area contributed by atoms with Gasteiger partial charge in [0.15, 0.2) is 11.6 Å². The van der Waals surface area contributed by atoms with Gasteiger partial charge in [0.2, 0.25) is 0 Å². The number of hydrogen-bond acceptors (Lipinski definition) is 6. The van der Waals surface area contributed by atoms with Crippen molar-refractivity contribution in [3.8, 4) is 17.1 Å². The van der Waals surface area contributed by atoms with Gasteiger partial charge in [-0.25, -0.2) is 14.6 Å². The summed E-state index contributed by atoms with van der Waals surface area (Å²) in [5.41, 5.74) is 2.92. The molecule has 2 aromatic heterocycles. The Morgan fingerprint density at radius 1 is 1.26 bits per heavy atom. The monoisotopic (exact) mass is 361 g/mol. The summed E-state index contributed by atoms with van der Waals surface area (Å²) in [7, 11) is 1.79. The van der Waals surface area contributed by atoms with Crippen molar-refractivity contribution in [3.05, 3.63) is 89.3 Å². The first-order valence-corrected chi connectivity index (χ1v) is 8.29. The third kappa shape index (κ3) is 4.27. The van der Waals surface area contributed by atoms with Crippen molar-refractivity contribution in [1.82, 2.24) is 25.1 Å². The zero-order valence-corrected chi connectivity index (χ0v) is 14.8. The number of rotatable bonds is 6. The van der Waals surface area contributed by atoms with E-state index in [1.807, 2.05) is 24.3 Å². The van der Waals surface area contributed by atoms with E-state index in [2.05, 4.69) is 27.0 Å². The van der Waals surface area contributed by atoms with Gasteiger partial charge in [-0.1, -0.05) is 30.9 Å². The zero-order chi connectivity index (χ0) is 19.2. The number of benzene rings is 1. The van der Waals surface area contributed by atoms with Crippen LogP contribution in [0, 0.1) is 0 Å². The maximum atomic E-state index is 12.2. The number of aromatic nitrogens is 4. The highest BCUT2D eigenvalue weighted by molar-refractivity contribution is 5.70. The minimum atomic E-state index is -0.196. The Morgan fingerprint density at radius 2 is 2.04 bits per heavy atom. The van der Waals surface area contributed by atoms with Gasteiger partial charge < -0.3 is 10.4 Å². The van der Waals surface area contributed by atoms with Crippen molar-refractivity contribution in [2.24, 2.45) is 0 Å². The van der Waals surface area contributed by atoms with Crippen LogP contribution in [0.2, 0.25) is 0 Å². The third-order valence-corrected chi connectivity index (χ3v) is 3.84. The molecule has 3 aromatic rings.